The maximum atomic E-state index is 6.21. The fraction of sp³-hybridized carbons (Fsp3) is 0.412. The summed E-state index contributed by atoms with van der Waals surface area (Å²) in [7, 11) is 0. The molecule has 1 aromatic heterocycles. The molecule has 2 nitrogen and oxygen atoms in total. The quantitative estimate of drug-likeness (QED) is 0.873. The van der Waals surface area contributed by atoms with E-state index in [0.717, 1.165) is 35.9 Å². The van der Waals surface area contributed by atoms with E-state index in [4.69, 9.17) is 16.3 Å². The molecule has 2 aromatic rings. The molecule has 1 aromatic carbocycles. The van der Waals surface area contributed by atoms with Crippen molar-refractivity contribution in [2.75, 3.05) is 6.61 Å². The van der Waals surface area contributed by atoms with E-state index in [2.05, 4.69) is 32.2 Å². The number of fused-ring (bicyclic) bond motifs is 1. The third-order valence-electron chi connectivity index (χ3n) is 3.97. The summed E-state index contributed by atoms with van der Waals surface area (Å²) in [5.41, 5.74) is 3.78. The lowest BCUT2D eigenvalue weighted by atomic mass is 10.1. The number of ether oxygens (including phenoxy) is 1. The maximum Gasteiger partial charge on any atom is 0.127 e. The number of benzene rings is 1. The monoisotopic (exact) mass is 321 g/mol. The van der Waals surface area contributed by atoms with Crippen molar-refractivity contribution in [2.45, 2.75) is 39.8 Å². The Labute approximate surface area is 135 Å². The van der Waals surface area contributed by atoms with Crippen molar-refractivity contribution in [2.24, 2.45) is 0 Å². The molecule has 0 fully saturated rings. The first kappa shape index (κ1) is 14.9. The fourth-order valence-corrected chi connectivity index (χ4v) is 4.22. The van der Waals surface area contributed by atoms with Crippen molar-refractivity contribution in [3.8, 4) is 5.75 Å². The molecule has 1 N–H and O–H groups in total. The normalized spacial score (nSPS) is 14.9. The van der Waals surface area contributed by atoms with E-state index >= 15 is 0 Å². The molecule has 0 aliphatic carbocycles. The molecule has 0 saturated carbocycles. The lowest BCUT2D eigenvalue weighted by Gasteiger charge is -2.16. The van der Waals surface area contributed by atoms with Crippen molar-refractivity contribution >= 4 is 22.9 Å². The second kappa shape index (κ2) is 5.99. The minimum Gasteiger partial charge on any atom is -0.493 e. The maximum absolute atomic E-state index is 6.21. The van der Waals surface area contributed by atoms with Crippen LogP contribution in [0.4, 0.5) is 0 Å². The van der Waals surface area contributed by atoms with Gasteiger partial charge >= 0.3 is 0 Å². The van der Waals surface area contributed by atoms with Crippen LogP contribution in [0, 0.1) is 13.8 Å². The Balaban J connectivity index is 1.75. The zero-order chi connectivity index (χ0) is 15.0. The summed E-state index contributed by atoms with van der Waals surface area (Å²) < 4.78 is 5.75. The van der Waals surface area contributed by atoms with Gasteiger partial charge in [-0.15, -0.1) is 11.3 Å². The standard InChI is InChI=1S/C17H20ClNOS/c1-10-6-16(12(3)21-10)11(2)19-9-14-8-15(18)7-13-4-5-20-17(13)14/h6-8,11,19H,4-5,9H2,1-3H3. The highest BCUT2D eigenvalue weighted by molar-refractivity contribution is 7.12. The minimum absolute atomic E-state index is 0.325. The predicted molar refractivity (Wildman–Crippen MR) is 89.7 cm³/mol. The third kappa shape index (κ3) is 3.10. The SMILES string of the molecule is Cc1cc(C(C)NCc2cc(Cl)cc3c2OCC3)c(C)s1. The topological polar surface area (TPSA) is 21.3 Å². The first-order valence-electron chi connectivity index (χ1n) is 7.29. The zero-order valence-electron chi connectivity index (χ0n) is 12.6. The van der Waals surface area contributed by atoms with Gasteiger partial charge in [0, 0.05) is 39.3 Å². The predicted octanol–water partition coefficient (Wildman–Crippen LogP) is 4.80. The van der Waals surface area contributed by atoms with Crippen LogP contribution in [0.2, 0.25) is 5.02 Å². The Hall–Kier alpha value is -1.03. The van der Waals surface area contributed by atoms with Gasteiger partial charge in [0.05, 0.1) is 6.61 Å². The van der Waals surface area contributed by atoms with Crippen LogP contribution in [0.3, 0.4) is 0 Å². The number of halogens is 1. The Morgan fingerprint density at radius 2 is 2.14 bits per heavy atom. The number of rotatable bonds is 4. The van der Waals surface area contributed by atoms with Gasteiger partial charge in [-0.05, 0) is 50.1 Å². The van der Waals surface area contributed by atoms with Gasteiger partial charge in [0.25, 0.3) is 0 Å². The Kier molecular flexibility index (Phi) is 4.25. The molecule has 1 atom stereocenters. The Morgan fingerprint density at radius 1 is 1.33 bits per heavy atom. The van der Waals surface area contributed by atoms with Crippen LogP contribution in [-0.2, 0) is 13.0 Å². The van der Waals surface area contributed by atoms with Crippen LogP contribution < -0.4 is 10.1 Å². The fourth-order valence-electron chi connectivity index (χ4n) is 2.93. The zero-order valence-corrected chi connectivity index (χ0v) is 14.2. The summed E-state index contributed by atoms with van der Waals surface area (Å²) in [6.07, 6.45) is 0.960. The Morgan fingerprint density at radius 3 is 2.86 bits per heavy atom. The molecule has 4 heteroatoms. The van der Waals surface area contributed by atoms with E-state index < -0.39 is 0 Å². The molecular formula is C17H20ClNOS. The average molecular weight is 322 g/mol. The molecule has 2 heterocycles. The largest absolute Gasteiger partial charge is 0.493 e. The second-order valence-electron chi connectivity index (χ2n) is 5.62. The summed E-state index contributed by atoms with van der Waals surface area (Å²) in [4.78, 5) is 2.75. The van der Waals surface area contributed by atoms with Crippen LogP contribution in [0.5, 0.6) is 5.75 Å². The lowest BCUT2D eigenvalue weighted by molar-refractivity contribution is 0.351. The van der Waals surface area contributed by atoms with Crippen molar-refractivity contribution in [1.82, 2.24) is 5.32 Å². The first-order valence-corrected chi connectivity index (χ1v) is 8.48. The van der Waals surface area contributed by atoms with Gasteiger partial charge in [-0.25, -0.2) is 0 Å². The summed E-state index contributed by atoms with van der Waals surface area (Å²) >= 11 is 8.06. The minimum atomic E-state index is 0.325. The van der Waals surface area contributed by atoms with Crippen molar-refractivity contribution in [3.63, 3.8) is 0 Å². The summed E-state index contributed by atoms with van der Waals surface area (Å²) in [5.74, 6) is 1.03. The van der Waals surface area contributed by atoms with E-state index in [1.54, 1.807) is 0 Å². The Bertz CT molecular complexity index is 665. The summed E-state index contributed by atoms with van der Waals surface area (Å²) in [6, 6.07) is 6.63. The van der Waals surface area contributed by atoms with Gasteiger partial charge in [-0.1, -0.05) is 11.6 Å². The van der Waals surface area contributed by atoms with Gasteiger partial charge in [0.2, 0.25) is 0 Å². The molecule has 21 heavy (non-hydrogen) atoms. The van der Waals surface area contributed by atoms with Crippen LogP contribution in [-0.4, -0.2) is 6.61 Å². The number of aryl methyl sites for hydroxylation is 2. The molecule has 0 bridgehead atoms. The first-order chi connectivity index (χ1) is 10.0. The third-order valence-corrected chi connectivity index (χ3v) is 5.17. The van der Waals surface area contributed by atoms with E-state index in [-0.39, 0.29) is 0 Å². The van der Waals surface area contributed by atoms with Crippen molar-refractivity contribution in [3.05, 3.63) is 49.7 Å². The molecule has 1 aliphatic rings. The van der Waals surface area contributed by atoms with E-state index in [1.165, 1.54) is 20.9 Å². The van der Waals surface area contributed by atoms with Gasteiger partial charge in [0.1, 0.15) is 5.75 Å². The molecule has 3 rings (SSSR count). The van der Waals surface area contributed by atoms with Crippen molar-refractivity contribution in [1.29, 1.82) is 0 Å². The smallest absolute Gasteiger partial charge is 0.127 e. The van der Waals surface area contributed by atoms with Gasteiger partial charge in [-0.2, -0.15) is 0 Å². The van der Waals surface area contributed by atoms with Gasteiger partial charge < -0.3 is 10.1 Å². The van der Waals surface area contributed by atoms with Crippen LogP contribution in [0.1, 0.15) is 39.4 Å². The van der Waals surface area contributed by atoms with E-state index in [1.807, 2.05) is 23.5 Å². The highest BCUT2D eigenvalue weighted by atomic mass is 35.5. The van der Waals surface area contributed by atoms with Crippen molar-refractivity contribution < 1.29 is 4.74 Å². The molecule has 1 aliphatic heterocycles. The second-order valence-corrected chi connectivity index (χ2v) is 7.52. The molecule has 0 radical (unpaired) electrons. The number of thiophene rings is 1. The van der Waals surface area contributed by atoms with E-state index in [0.29, 0.717) is 6.04 Å². The molecule has 1 unspecified atom stereocenters. The molecule has 112 valence electrons. The molecular weight excluding hydrogens is 302 g/mol. The summed E-state index contributed by atoms with van der Waals surface area (Å²) in [5, 5.41) is 4.39. The highest BCUT2D eigenvalue weighted by Crippen LogP contribution is 2.33. The highest BCUT2D eigenvalue weighted by Gasteiger charge is 2.18. The average Bonchev–Trinajstić information content (AvgIpc) is 3.01. The number of hydrogen-bond acceptors (Lipinski definition) is 3. The molecule has 0 spiro atoms. The van der Waals surface area contributed by atoms with Gasteiger partial charge in [0.15, 0.2) is 0 Å². The summed E-state index contributed by atoms with van der Waals surface area (Å²) in [6.45, 7) is 8.09. The molecule has 0 saturated heterocycles. The van der Waals surface area contributed by atoms with E-state index in [9.17, 15) is 0 Å². The number of nitrogens with one attached hydrogen (secondary N) is 1. The number of hydrogen-bond donors (Lipinski definition) is 1. The van der Waals surface area contributed by atoms with Crippen LogP contribution >= 0.6 is 22.9 Å². The van der Waals surface area contributed by atoms with Gasteiger partial charge in [-0.3, -0.25) is 0 Å². The molecule has 0 amide bonds. The van der Waals surface area contributed by atoms with Crippen LogP contribution in [0.15, 0.2) is 18.2 Å². The lowest BCUT2D eigenvalue weighted by Crippen LogP contribution is -2.18. The van der Waals surface area contributed by atoms with Crippen LogP contribution in [0.25, 0.3) is 0 Å².